The molecule has 1 aromatic heterocycles. The Hall–Kier alpha value is -3.43. The van der Waals surface area contributed by atoms with E-state index in [1.54, 1.807) is 45.3 Å². The number of hydrogen-bond donors (Lipinski definition) is 2. The number of esters is 1. The number of pyridine rings is 1. The summed E-state index contributed by atoms with van der Waals surface area (Å²) < 4.78 is 10.2. The summed E-state index contributed by atoms with van der Waals surface area (Å²) in [6.07, 6.45) is 5.35. The molecule has 1 fully saturated rings. The van der Waals surface area contributed by atoms with Crippen LogP contribution in [-0.4, -0.2) is 65.1 Å². The normalized spacial score (nSPS) is 17.1. The van der Waals surface area contributed by atoms with Crippen molar-refractivity contribution in [2.45, 2.75) is 71.6 Å². The molecule has 1 saturated heterocycles. The molecule has 1 aliphatic heterocycles. The lowest BCUT2D eigenvalue weighted by atomic mass is 10.0. The maximum Gasteiger partial charge on any atom is 0.408 e. The number of amides is 3. The second-order valence-corrected chi connectivity index (χ2v) is 9.84. The average molecular weight is 489 g/mol. The van der Waals surface area contributed by atoms with Crippen LogP contribution in [0, 0.1) is 5.92 Å². The number of aromatic nitrogens is 1. The molecule has 0 aromatic carbocycles. The summed E-state index contributed by atoms with van der Waals surface area (Å²) in [5.41, 5.74) is -0.174. The summed E-state index contributed by atoms with van der Waals surface area (Å²) in [6, 6.07) is 1.77. The Morgan fingerprint density at radius 3 is 2.54 bits per heavy atom. The predicted octanol–water partition coefficient (Wildman–Crippen LogP) is 2.64. The second kappa shape index (κ2) is 12.3. The highest BCUT2D eigenvalue weighted by Gasteiger charge is 2.37. The SMILES string of the molecule is COC(=O)[C@@H]1CCCN1C(=O)/C(=C/c1cccnc1)NC(=O)[C@H](CC(C)C)NC(=O)OC(C)(C)C. The minimum Gasteiger partial charge on any atom is -0.467 e. The number of rotatable bonds is 8. The molecule has 2 N–H and O–H groups in total. The van der Waals surface area contributed by atoms with Crippen molar-refractivity contribution in [2.24, 2.45) is 5.92 Å². The minimum absolute atomic E-state index is 0.0291. The van der Waals surface area contributed by atoms with Crippen LogP contribution in [0.3, 0.4) is 0 Å². The molecule has 2 atom stereocenters. The van der Waals surface area contributed by atoms with Gasteiger partial charge in [-0.3, -0.25) is 14.6 Å². The fourth-order valence-corrected chi connectivity index (χ4v) is 3.70. The van der Waals surface area contributed by atoms with Gasteiger partial charge in [0.25, 0.3) is 5.91 Å². The molecule has 10 heteroatoms. The Balaban J connectivity index is 2.32. The molecule has 192 valence electrons. The lowest BCUT2D eigenvalue weighted by Gasteiger charge is -2.26. The smallest absolute Gasteiger partial charge is 0.408 e. The maximum absolute atomic E-state index is 13.5. The molecular weight excluding hydrogens is 452 g/mol. The van der Waals surface area contributed by atoms with Gasteiger partial charge in [0.15, 0.2) is 0 Å². The minimum atomic E-state index is -0.940. The number of hydrogen-bond acceptors (Lipinski definition) is 7. The molecule has 2 heterocycles. The number of nitrogens with one attached hydrogen (secondary N) is 2. The van der Waals surface area contributed by atoms with Crippen molar-refractivity contribution in [1.29, 1.82) is 0 Å². The number of alkyl carbamates (subject to hydrolysis) is 1. The standard InChI is InChI=1S/C25H36N4O6/c1-16(2)13-18(28-24(33)35-25(3,4)5)21(30)27-19(14-17-9-7-11-26-15-17)22(31)29-12-8-10-20(29)23(32)34-6/h7,9,11,14-16,18,20H,8,10,12-13H2,1-6H3,(H,27,30)(H,28,33)/b19-14-/t18-,20-/m0/s1. The summed E-state index contributed by atoms with van der Waals surface area (Å²) in [5, 5.41) is 5.28. The molecule has 0 unspecified atom stereocenters. The van der Waals surface area contributed by atoms with E-state index in [1.165, 1.54) is 18.1 Å². The first-order valence-electron chi connectivity index (χ1n) is 11.7. The van der Waals surface area contributed by atoms with Gasteiger partial charge in [-0.25, -0.2) is 9.59 Å². The first-order valence-corrected chi connectivity index (χ1v) is 11.7. The van der Waals surface area contributed by atoms with E-state index in [9.17, 15) is 19.2 Å². The van der Waals surface area contributed by atoms with Gasteiger partial charge in [-0.05, 0) is 63.7 Å². The van der Waals surface area contributed by atoms with Crippen molar-refractivity contribution in [3.63, 3.8) is 0 Å². The highest BCUT2D eigenvalue weighted by atomic mass is 16.6. The van der Waals surface area contributed by atoms with E-state index in [1.807, 2.05) is 13.8 Å². The zero-order valence-corrected chi connectivity index (χ0v) is 21.3. The van der Waals surface area contributed by atoms with Crippen molar-refractivity contribution in [2.75, 3.05) is 13.7 Å². The van der Waals surface area contributed by atoms with Crippen LogP contribution < -0.4 is 10.6 Å². The van der Waals surface area contributed by atoms with Crippen molar-refractivity contribution in [3.8, 4) is 0 Å². The third kappa shape index (κ3) is 8.70. The maximum atomic E-state index is 13.5. The van der Waals surface area contributed by atoms with Gasteiger partial charge in [0, 0.05) is 18.9 Å². The monoisotopic (exact) mass is 488 g/mol. The van der Waals surface area contributed by atoms with Gasteiger partial charge < -0.3 is 25.0 Å². The predicted molar refractivity (Wildman–Crippen MR) is 130 cm³/mol. The third-order valence-electron chi connectivity index (χ3n) is 5.19. The number of carbonyl (C=O) groups is 4. The molecule has 0 radical (unpaired) electrons. The van der Waals surface area contributed by atoms with Crippen molar-refractivity contribution >= 4 is 30.0 Å². The largest absolute Gasteiger partial charge is 0.467 e. The number of methoxy groups -OCH3 is 1. The molecule has 0 bridgehead atoms. The van der Waals surface area contributed by atoms with E-state index in [4.69, 9.17) is 9.47 Å². The van der Waals surface area contributed by atoms with Gasteiger partial charge in [-0.15, -0.1) is 0 Å². The summed E-state index contributed by atoms with van der Waals surface area (Å²) >= 11 is 0. The fourth-order valence-electron chi connectivity index (χ4n) is 3.70. The van der Waals surface area contributed by atoms with Crippen LogP contribution in [-0.2, 0) is 23.9 Å². The number of ether oxygens (including phenoxy) is 2. The van der Waals surface area contributed by atoms with Crippen molar-refractivity contribution < 1.29 is 28.7 Å². The molecule has 0 aliphatic carbocycles. The van der Waals surface area contributed by atoms with E-state index in [0.29, 0.717) is 31.4 Å². The van der Waals surface area contributed by atoms with Crippen LogP contribution in [0.5, 0.6) is 0 Å². The van der Waals surface area contributed by atoms with Gasteiger partial charge in [0.2, 0.25) is 5.91 Å². The molecule has 1 aliphatic rings. The van der Waals surface area contributed by atoms with E-state index in [2.05, 4.69) is 15.6 Å². The van der Waals surface area contributed by atoms with Gasteiger partial charge in [0.1, 0.15) is 23.4 Å². The Morgan fingerprint density at radius 1 is 1.26 bits per heavy atom. The van der Waals surface area contributed by atoms with Gasteiger partial charge in [-0.1, -0.05) is 19.9 Å². The van der Waals surface area contributed by atoms with E-state index < -0.39 is 41.6 Å². The van der Waals surface area contributed by atoms with Crippen LogP contribution in [0.2, 0.25) is 0 Å². The van der Waals surface area contributed by atoms with Crippen molar-refractivity contribution in [1.82, 2.24) is 20.5 Å². The summed E-state index contributed by atoms with van der Waals surface area (Å²) in [5.74, 6) is -1.52. The first kappa shape index (κ1) is 27.8. The number of likely N-dealkylation sites (tertiary alicyclic amines) is 1. The van der Waals surface area contributed by atoms with Crippen LogP contribution in [0.1, 0.15) is 59.4 Å². The van der Waals surface area contributed by atoms with Crippen LogP contribution in [0.15, 0.2) is 30.2 Å². The fraction of sp³-hybridized carbons (Fsp3) is 0.560. The Labute approximate surface area is 206 Å². The Bertz CT molecular complexity index is 939. The quantitative estimate of drug-likeness (QED) is 0.425. The van der Waals surface area contributed by atoms with E-state index in [0.717, 1.165) is 0 Å². The Morgan fingerprint density at radius 2 is 1.97 bits per heavy atom. The number of nitrogens with zero attached hydrogens (tertiary/aromatic N) is 2. The Kier molecular flexibility index (Phi) is 9.79. The average Bonchev–Trinajstić information content (AvgIpc) is 3.26. The highest BCUT2D eigenvalue weighted by Crippen LogP contribution is 2.21. The summed E-state index contributed by atoms with van der Waals surface area (Å²) in [7, 11) is 1.27. The molecule has 1 aromatic rings. The molecule has 10 nitrogen and oxygen atoms in total. The zero-order chi connectivity index (χ0) is 26.2. The second-order valence-electron chi connectivity index (χ2n) is 9.84. The van der Waals surface area contributed by atoms with E-state index >= 15 is 0 Å². The van der Waals surface area contributed by atoms with Gasteiger partial charge in [0.05, 0.1) is 7.11 Å². The van der Waals surface area contributed by atoms with Crippen LogP contribution in [0.25, 0.3) is 6.08 Å². The van der Waals surface area contributed by atoms with Gasteiger partial charge >= 0.3 is 12.1 Å². The summed E-state index contributed by atoms with van der Waals surface area (Å²) in [6.45, 7) is 9.37. The lowest BCUT2D eigenvalue weighted by Crippen LogP contribution is -2.51. The third-order valence-corrected chi connectivity index (χ3v) is 5.19. The molecular formula is C25H36N4O6. The topological polar surface area (TPSA) is 127 Å². The first-order chi connectivity index (χ1) is 16.4. The van der Waals surface area contributed by atoms with Crippen LogP contribution >= 0.6 is 0 Å². The lowest BCUT2D eigenvalue weighted by molar-refractivity contribution is -0.149. The zero-order valence-electron chi connectivity index (χ0n) is 21.3. The molecule has 35 heavy (non-hydrogen) atoms. The highest BCUT2D eigenvalue weighted by molar-refractivity contribution is 6.03. The molecule has 0 spiro atoms. The van der Waals surface area contributed by atoms with Gasteiger partial charge in [-0.2, -0.15) is 0 Å². The molecule has 2 rings (SSSR count). The summed E-state index contributed by atoms with van der Waals surface area (Å²) in [4.78, 5) is 56.8. The van der Waals surface area contributed by atoms with Crippen LogP contribution in [0.4, 0.5) is 4.79 Å². The van der Waals surface area contributed by atoms with Crippen molar-refractivity contribution in [3.05, 3.63) is 35.8 Å². The van der Waals surface area contributed by atoms with E-state index in [-0.39, 0.29) is 11.6 Å². The molecule has 3 amide bonds. The number of carbonyl (C=O) groups excluding carboxylic acids is 4. The molecule has 0 saturated carbocycles.